The Bertz CT molecular complexity index is 1690. The molecule has 8 nitrogen and oxygen atoms in total. The summed E-state index contributed by atoms with van der Waals surface area (Å²) in [6, 6.07) is 14.7. The van der Waals surface area contributed by atoms with Crippen LogP contribution in [0.25, 0.3) is 32.4 Å². The SMILES string of the molecule is [C-]#[N+]c1cnc(C)nc1N[C@@H](C)c1cc2cccc(-c3ccnnc3)c2c(=O)n1-c1cccc(F)c1. The van der Waals surface area contributed by atoms with E-state index < -0.39 is 11.9 Å². The molecule has 0 unspecified atom stereocenters. The van der Waals surface area contributed by atoms with Gasteiger partial charge in [-0.2, -0.15) is 10.2 Å². The standard InChI is InChI=1S/C27H20FN7O/c1-16(33-26-23(29-3)15-30-17(2)34-26)24-12-18-6-4-9-22(19-10-11-31-32-14-19)25(18)27(36)35(24)21-8-5-7-20(28)13-21/h4-16H,1-2H3,(H,30,33,34)/t16-/m0/s1. The van der Waals surface area contributed by atoms with Gasteiger partial charge in [-0.3, -0.25) is 14.3 Å². The molecule has 3 heterocycles. The van der Waals surface area contributed by atoms with Gasteiger partial charge in [-0.25, -0.2) is 14.2 Å². The van der Waals surface area contributed by atoms with E-state index in [4.69, 9.17) is 6.57 Å². The van der Waals surface area contributed by atoms with Gasteiger partial charge in [-0.15, -0.1) is 0 Å². The molecule has 1 N–H and O–H groups in total. The van der Waals surface area contributed by atoms with Crippen LogP contribution in [0.15, 0.2) is 78.0 Å². The summed E-state index contributed by atoms with van der Waals surface area (Å²) in [5.74, 6) is 0.410. The fourth-order valence-electron chi connectivity index (χ4n) is 4.20. The van der Waals surface area contributed by atoms with Gasteiger partial charge >= 0.3 is 0 Å². The fourth-order valence-corrected chi connectivity index (χ4v) is 4.20. The first-order valence-electron chi connectivity index (χ1n) is 11.2. The molecule has 0 fully saturated rings. The number of benzene rings is 2. The van der Waals surface area contributed by atoms with Crippen LogP contribution < -0.4 is 10.9 Å². The van der Waals surface area contributed by atoms with E-state index in [-0.39, 0.29) is 11.2 Å². The minimum Gasteiger partial charge on any atom is -0.371 e. The fraction of sp³-hybridized carbons (Fsp3) is 0.111. The Balaban J connectivity index is 1.76. The molecule has 0 aliphatic heterocycles. The molecule has 9 heteroatoms. The predicted octanol–water partition coefficient (Wildman–Crippen LogP) is 5.41. The van der Waals surface area contributed by atoms with E-state index in [0.29, 0.717) is 34.0 Å². The quantitative estimate of drug-likeness (QED) is 0.341. The molecule has 0 aliphatic rings. The second kappa shape index (κ2) is 9.35. The van der Waals surface area contributed by atoms with E-state index in [1.165, 1.54) is 22.9 Å². The maximum atomic E-state index is 14.3. The molecule has 5 aromatic rings. The molecular weight excluding hydrogens is 457 g/mol. The topological polar surface area (TPSA) is 90.0 Å². The van der Waals surface area contributed by atoms with Crippen LogP contribution in [0.5, 0.6) is 0 Å². The van der Waals surface area contributed by atoms with Crippen molar-refractivity contribution in [1.82, 2.24) is 24.7 Å². The second-order valence-corrected chi connectivity index (χ2v) is 8.22. The third-order valence-electron chi connectivity index (χ3n) is 5.84. The van der Waals surface area contributed by atoms with Gasteiger partial charge in [0.05, 0.1) is 36.1 Å². The molecule has 5 rings (SSSR count). The van der Waals surface area contributed by atoms with Gasteiger partial charge in [0.2, 0.25) is 5.69 Å². The number of pyridine rings is 1. The Morgan fingerprint density at radius 2 is 1.92 bits per heavy atom. The van der Waals surface area contributed by atoms with Gasteiger partial charge in [0.15, 0.2) is 0 Å². The number of halogens is 1. The van der Waals surface area contributed by atoms with Gasteiger partial charge in [-0.05, 0) is 55.1 Å². The van der Waals surface area contributed by atoms with E-state index >= 15 is 0 Å². The highest BCUT2D eigenvalue weighted by molar-refractivity contribution is 5.96. The van der Waals surface area contributed by atoms with Gasteiger partial charge in [0.1, 0.15) is 17.5 Å². The molecule has 1 atom stereocenters. The lowest BCUT2D eigenvalue weighted by Gasteiger charge is -2.22. The van der Waals surface area contributed by atoms with Crippen molar-refractivity contribution in [1.29, 1.82) is 0 Å². The monoisotopic (exact) mass is 477 g/mol. The van der Waals surface area contributed by atoms with Crippen LogP contribution in [0.1, 0.15) is 24.5 Å². The number of aryl methyl sites for hydroxylation is 1. The van der Waals surface area contributed by atoms with Crippen LogP contribution in [0.4, 0.5) is 15.9 Å². The number of rotatable bonds is 5. The molecule has 3 aromatic heterocycles. The summed E-state index contributed by atoms with van der Waals surface area (Å²) >= 11 is 0. The first-order chi connectivity index (χ1) is 17.5. The van der Waals surface area contributed by atoms with Crippen molar-refractivity contribution in [3.8, 4) is 16.8 Å². The van der Waals surface area contributed by atoms with E-state index in [1.54, 1.807) is 37.5 Å². The Hall–Kier alpha value is -4.97. The average Bonchev–Trinajstić information content (AvgIpc) is 2.89. The van der Waals surface area contributed by atoms with E-state index in [9.17, 15) is 9.18 Å². The smallest absolute Gasteiger partial charge is 0.263 e. The Morgan fingerprint density at radius 1 is 1.08 bits per heavy atom. The largest absolute Gasteiger partial charge is 0.371 e. The normalized spacial score (nSPS) is 11.7. The highest BCUT2D eigenvalue weighted by Crippen LogP contribution is 2.31. The minimum atomic E-state index is -0.466. The zero-order chi connectivity index (χ0) is 25.2. The van der Waals surface area contributed by atoms with Crippen LogP contribution >= 0.6 is 0 Å². The summed E-state index contributed by atoms with van der Waals surface area (Å²) in [4.78, 5) is 26.0. The van der Waals surface area contributed by atoms with Crippen LogP contribution in [0.2, 0.25) is 0 Å². The lowest BCUT2D eigenvalue weighted by atomic mass is 9.99. The van der Waals surface area contributed by atoms with Crippen molar-refractivity contribution in [3.63, 3.8) is 0 Å². The van der Waals surface area contributed by atoms with Crippen LogP contribution in [-0.4, -0.2) is 24.7 Å². The number of fused-ring (bicyclic) bond motifs is 1. The highest BCUT2D eigenvalue weighted by atomic mass is 19.1. The molecule has 36 heavy (non-hydrogen) atoms. The van der Waals surface area contributed by atoms with Crippen molar-refractivity contribution < 1.29 is 4.39 Å². The van der Waals surface area contributed by atoms with Crippen LogP contribution in [0, 0.1) is 19.3 Å². The lowest BCUT2D eigenvalue weighted by Crippen LogP contribution is -2.26. The molecule has 0 saturated heterocycles. The molecular formula is C27H20FN7O. The third-order valence-corrected chi connectivity index (χ3v) is 5.84. The Morgan fingerprint density at radius 3 is 2.67 bits per heavy atom. The van der Waals surface area contributed by atoms with E-state index in [2.05, 4.69) is 30.3 Å². The first kappa shape index (κ1) is 22.8. The molecule has 0 radical (unpaired) electrons. The summed E-state index contributed by atoms with van der Waals surface area (Å²) in [5.41, 5.74) is 2.37. The summed E-state index contributed by atoms with van der Waals surface area (Å²) in [5, 5.41) is 12.2. The number of nitrogens with one attached hydrogen (secondary N) is 1. The molecule has 2 aromatic carbocycles. The van der Waals surface area contributed by atoms with Crippen molar-refractivity contribution in [3.05, 3.63) is 112 Å². The summed E-state index contributed by atoms with van der Waals surface area (Å²) in [7, 11) is 0. The second-order valence-electron chi connectivity index (χ2n) is 8.22. The maximum Gasteiger partial charge on any atom is 0.263 e. The molecule has 0 saturated carbocycles. The molecule has 176 valence electrons. The van der Waals surface area contributed by atoms with Gasteiger partial charge in [0, 0.05) is 17.5 Å². The van der Waals surface area contributed by atoms with Crippen molar-refractivity contribution in [2.75, 3.05) is 5.32 Å². The number of hydrogen-bond donors (Lipinski definition) is 1. The van der Waals surface area contributed by atoms with E-state index in [1.807, 2.05) is 31.2 Å². The number of nitrogens with zero attached hydrogens (tertiary/aromatic N) is 6. The molecule has 0 bridgehead atoms. The summed E-state index contributed by atoms with van der Waals surface area (Å²) < 4.78 is 15.8. The minimum absolute atomic E-state index is 0.264. The van der Waals surface area contributed by atoms with Gasteiger partial charge in [0.25, 0.3) is 5.56 Å². The van der Waals surface area contributed by atoms with E-state index in [0.717, 1.165) is 10.9 Å². The number of hydrogen-bond acceptors (Lipinski definition) is 6. The zero-order valence-corrected chi connectivity index (χ0v) is 19.5. The lowest BCUT2D eigenvalue weighted by molar-refractivity contribution is 0.625. The van der Waals surface area contributed by atoms with Crippen LogP contribution in [0.3, 0.4) is 0 Å². The first-order valence-corrected chi connectivity index (χ1v) is 11.2. The summed E-state index contributed by atoms with van der Waals surface area (Å²) in [6.45, 7) is 11.0. The zero-order valence-electron chi connectivity index (χ0n) is 19.5. The van der Waals surface area contributed by atoms with Crippen molar-refractivity contribution in [2.45, 2.75) is 19.9 Å². The van der Waals surface area contributed by atoms with Crippen molar-refractivity contribution in [2.24, 2.45) is 0 Å². The van der Waals surface area contributed by atoms with Crippen molar-refractivity contribution >= 4 is 22.3 Å². The molecule has 0 spiro atoms. The van der Waals surface area contributed by atoms with Gasteiger partial charge < -0.3 is 5.32 Å². The highest BCUT2D eigenvalue weighted by Gasteiger charge is 2.20. The molecule has 0 amide bonds. The van der Waals surface area contributed by atoms with Gasteiger partial charge in [-0.1, -0.05) is 24.3 Å². The number of anilines is 1. The third kappa shape index (κ3) is 4.16. The number of aromatic nitrogens is 5. The predicted molar refractivity (Wildman–Crippen MR) is 136 cm³/mol. The summed E-state index contributed by atoms with van der Waals surface area (Å²) in [6.07, 6.45) is 4.62. The Labute approximate surface area is 206 Å². The maximum absolute atomic E-state index is 14.3. The van der Waals surface area contributed by atoms with Crippen LogP contribution in [-0.2, 0) is 0 Å². The molecule has 0 aliphatic carbocycles. The average molecular weight is 478 g/mol. The Kier molecular flexibility index (Phi) is 5.92.